The molecule has 5 rings (SSSR count). The molecular formula is C25H31N5O2. The molecule has 168 valence electrons. The maximum absolute atomic E-state index is 12.9. The summed E-state index contributed by atoms with van der Waals surface area (Å²) in [6, 6.07) is 8.40. The summed E-state index contributed by atoms with van der Waals surface area (Å²) in [5.74, 6) is 1.61. The van der Waals surface area contributed by atoms with E-state index in [2.05, 4.69) is 38.8 Å². The van der Waals surface area contributed by atoms with Crippen LogP contribution in [0.4, 0.5) is 5.82 Å². The van der Waals surface area contributed by atoms with E-state index in [4.69, 9.17) is 9.72 Å². The van der Waals surface area contributed by atoms with E-state index < -0.39 is 0 Å². The lowest BCUT2D eigenvalue weighted by atomic mass is 9.91. The highest BCUT2D eigenvalue weighted by molar-refractivity contribution is 5.97. The molecule has 1 N–H and O–H groups in total. The third-order valence-corrected chi connectivity index (χ3v) is 6.80. The molecule has 0 spiro atoms. The molecule has 1 saturated heterocycles. The second-order valence-electron chi connectivity index (χ2n) is 8.98. The lowest BCUT2D eigenvalue weighted by Gasteiger charge is -2.26. The first-order chi connectivity index (χ1) is 15.6. The number of ether oxygens (including phenoxy) is 1. The second-order valence-corrected chi connectivity index (χ2v) is 8.98. The van der Waals surface area contributed by atoms with E-state index >= 15 is 0 Å². The van der Waals surface area contributed by atoms with Crippen LogP contribution in [0.15, 0.2) is 36.7 Å². The molecular weight excluding hydrogens is 402 g/mol. The number of carbonyl (C=O) groups excluding carboxylic acids is 1. The Balaban J connectivity index is 1.23. The summed E-state index contributed by atoms with van der Waals surface area (Å²) in [5.41, 5.74) is 3.95. The van der Waals surface area contributed by atoms with Crippen molar-refractivity contribution in [2.45, 2.75) is 45.2 Å². The molecule has 32 heavy (non-hydrogen) atoms. The van der Waals surface area contributed by atoms with Gasteiger partial charge >= 0.3 is 0 Å². The maximum atomic E-state index is 12.9. The van der Waals surface area contributed by atoms with Crippen LogP contribution in [-0.2, 0) is 24.1 Å². The fourth-order valence-electron chi connectivity index (χ4n) is 5.04. The fourth-order valence-corrected chi connectivity index (χ4v) is 5.04. The Bertz CT molecular complexity index is 1120. The van der Waals surface area contributed by atoms with E-state index in [1.165, 1.54) is 11.3 Å². The number of rotatable bonds is 6. The molecule has 2 atom stereocenters. The molecule has 0 radical (unpaired) electrons. The summed E-state index contributed by atoms with van der Waals surface area (Å²) >= 11 is 0. The first-order valence-electron chi connectivity index (χ1n) is 11.6. The molecule has 2 aliphatic rings. The third kappa shape index (κ3) is 4.09. The highest BCUT2D eigenvalue weighted by Crippen LogP contribution is 2.27. The first kappa shape index (κ1) is 20.9. The minimum atomic E-state index is -0.0528. The number of hydrogen-bond donors (Lipinski definition) is 1. The maximum Gasteiger partial charge on any atom is 0.253 e. The zero-order valence-corrected chi connectivity index (χ0v) is 18.9. The highest BCUT2D eigenvalue weighted by Gasteiger charge is 2.26. The van der Waals surface area contributed by atoms with Gasteiger partial charge in [0.05, 0.1) is 12.2 Å². The number of fused-ring (bicyclic) bond motifs is 2. The Labute approximate surface area is 188 Å². The number of nitrogens with zero attached hydrogens (tertiary/aromatic N) is 4. The van der Waals surface area contributed by atoms with Crippen molar-refractivity contribution >= 4 is 22.8 Å². The van der Waals surface area contributed by atoms with Crippen molar-refractivity contribution in [3.8, 4) is 0 Å². The molecule has 0 saturated carbocycles. The molecule has 0 unspecified atom stereocenters. The van der Waals surface area contributed by atoms with E-state index in [0.29, 0.717) is 11.5 Å². The van der Waals surface area contributed by atoms with Crippen molar-refractivity contribution < 1.29 is 9.53 Å². The van der Waals surface area contributed by atoms with Gasteiger partial charge in [-0.3, -0.25) is 4.79 Å². The quantitative estimate of drug-likeness (QED) is 0.646. The Hall–Kier alpha value is -2.93. The van der Waals surface area contributed by atoms with Crippen LogP contribution < -0.4 is 10.2 Å². The van der Waals surface area contributed by atoms with E-state index in [0.717, 1.165) is 68.8 Å². The summed E-state index contributed by atoms with van der Waals surface area (Å²) < 4.78 is 7.40. The standard InChI is InChI=1S/C25H31N5O2/c1-3-29-11-9-19-12-20(14-26-24(19)29)25(31)27-21-5-6-22-18(13-21)4-7-23(28-22)30-10-8-17(15-30)16-32-2/h4,7,9,11-12,14,17,21H,3,5-6,8,10,13,15-16H2,1-2H3,(H,27,31)/t17-,21+/m1/s1. The minimum absolute atomic E-state index is 0.0528. The molecule has 0 aromatic carbocycles. The van der Waals surface area contributed by atoms with Gasteiger partial charge in [0.1, 0.15) is 11.5 Å². The monoisotopic (exact) mass is 433 g/mol. The van der Waals surface area contributed by atoms with Crippen LogP contribution >= 0.6 is 0 Å². The SMILES string of the molecule is CCn1ccc2cc(C(=O)N[C@H]3CCc4nc(N5CC[C@@H](COC)C5)ccc4C3)cnc21. The molecule has 1 aliphatic heterocycles. The number of aromatic nitrogens is 3. The zero-order chi connectivity index (χ0) is 22.1. The molecule has 3 aromatic heterocycles. The zero-order valence-electron chi connectivity index (χ0n) is 18.9. The van der Waals surface area contributed by atoms with Crippen LogP contribution in [-0.4, -0.2) is 53.3 Å². The molecule has 1 amide bonds. The van der Waals surface area contributed by atoms with Gasteiger partial charge in [0.2, 0.25) is 0 Å². The molecule has 1 fully saturated rings. The van der Waals surface area contributed by atoms with Crippen LogP contribution in [0, 0.1) is 5.92 Å². The fraction of sp³-hybridized carbons (Fsp3) is 0.480. The Morgan fingerprint density at radius 3 is 3.03 bits per heavy atom. The number of nitrogens with one attached hydrogen (secondary N) is 1. The minimum Gasteiger partial charge on any atom is -0.384 e. The van der Waals surface area contributed by atoms with Gasteiger partial charge in [-0.25, -0.2) is 9.97 Å². The number of anilines is 1. The largest absolute Gasteiger partial charge is 0.384 e. The van der Waals surface area contributed by atoms with Crippen LogP contribution in [0.25, 0.3) is 11.0 Å². The summed E-state index contributed by atoms with van der Waals surface area (Å²) in [5, 5.41) is 4.21. The summed E-state index contributed by atoms with van der Waals surface area (Å²) in [6.45, 7) is 5.82. The van der Waals surface area contributed by atoms with Crippen molar-refractivity contribution in [1.82, 2.24) is 19.9 Å². The lowest BCUT2D eigenvalue weighted by Crippen LogP contribution is -2.39. The van der Waals surface area contributed by atoms with E-state index in [-0.39, 0.29) is 11.9 Å². The lowest BCUT2D eigenvalue weighted by molar-refractivity contribution is 0.0933. The van der Waals surface area contributed by atoms with E-state index in [9.17, 15) is 4.79 Å². The number of amides is 1. The van der Waals surface area contributed by atoms with Crippen molar-refractivity contribution in [2.24, 2.45) is 5.92 Å². The average Bonchev–Trinajstić information content (AvgIpc) is 3.45. The number of hydrogen-bond acceptors (Lipinski definition) is 5. The van der Waals surface area contributed by atoms with Crippen molar-refractivity contribution in [3.05, 3.63) is 53.5 Å². The smallest absolute Gasteiger partial charge is 0.253 e. The van der Waals surface area contributed by atoms with Gasteiger partial charge in [0.25, 0.3) is 5.91 Å². The number of methoxy groups -OCH3 is 1. The molecule has 3 aromatic rings. The summed E-state index contributed by atoms with van der Waals surface area (Å²) in [6.07, 6.45) is 7.47. The third-order valence-electron chi connectivity index (χ3n) is 6.80. The van der Waals surface area contributed by atoms with Crippen LogP contribution in [0.3, 0.4) is 0 Å². The van der Waals surface area contributed by atoms with Gasteiger partial charge in [0, 0.05) is 62.2 Å². The summed E-state index contributed by atoms with van der Waals surface area (Å²) in [4.78, 5) is 24.7. The van der Waals surface area contributed by atoms with Crippen LogP contribution in [0.1, 0.15) is 41.4 Å². The van der Waals surface area contributed by atoms with E-state index in [1.807, 2.05) is 18.3 Å². The van der Waals surface area contributed by atoms with Crippen molar-refractivity contribution in [1.29, 1.82) is 0 Å². The van der Waals surface area contributed by atoms with E-state index in [1.54, 1.807) is 13.3 Å². The predicted molar refractivity (Wildman–Crippen MR) is 125 cm³/mol. The van der Waals surface area contributed by atoms with Crippen molar-refractivity contribution in [2.75, 3.05) is 31.7 Å². The van der Waals surface area contributed by atoms with Gasteiger partial charge < -0.3 is 19.5 Å². The number of pyridine rings is 2. The normalized spacial score (nSPS) is 20.5. The molecule has 1 aliphatic carbocycles. The van der Waals surface area contributed by atoms with Gasteiger partial charge in [-0.15, -0.1) is 0 Å². The van der Waals surface area contributed by atoms with Gasteiger partial charge in [-0.05, 0) is 56.4 Å². The summed E-state index contributed by atoms with van der Waals surface area (Å²) in [7, 11) is 1.77. The predicted octanol–water partition coefficient (Wildman–Crippen LogP) is 3.21. The number of carbonyl (C=O) groups is 1. The van der Waals surface area contributed by atoms with Crippen molar-refractivity contribution in [3.63, 3.8) is 0 Å². The van der Waals surface area contributed by atoms with Gasteiger partial charge in [-0.1, -0.05) is 6.07 Å². The Morgan fingerprint density at radius 2 is 2.19 bits per heavy atom. The highest BCUT2D eigenvalue weighted by atomic mass is 16.5. The average molecular weight is 434 g/mol. The molecule has 7 heteroatoms. The topological polar surface area (TPSA) is 72.3 Å². The second kappa shape index (κ2) is 8.90. The molecule has 7 nitrogen and oxygen atoms in total. The Morgan fingerprint density at radius 1 is 1.28 bits per heavy atom. The molecule has 0 bridgehead atoms. The number of aryl methyl sites for hydroxylation is 2. The van der Waals surface area contributed by atoms with Gasteiger partial charge in [0.15, 0.2) is 0 Å². The van der Waals surface area contributed by atoms with Crippen LogP contribution in [0.2, 0.25) is 0 Å². The first-order valence-corrected chi connectivity index (χ1v) is 11.6. The van der Waals surface area contributed by atoms with Crippen LogP contribution in [0.5, 0.6) is 0 Å². The van der Waals surface area contributed by atoms with Gasteiger partial charge in [-0.2, -0.15) is 0 Å². The Kier molecular flexibility index (Phi) is 5.83. The molecule has 4 heterocycles.